The third-order valence-electron chi connectivity index (χ3n) is 4.83. The van der Waals surface area contributed by atoms with Gasteiger partial charge in [0.1, 0.15) is 5.82 Å². The van der Waals surface area contributed by atoms with Gasteiger partial charge in [0.2, 0.25) is 5.91 Å². The lowest BCUT2D eigenvalue weighted by Gasteiger charge is -2.36. The molecule has 4 nitrogen and oxygen atoms in total. The zero-order valence-corrected chi connectivity index (χ0v) is 14.4. The summed E-state index contributed by atoms with van der Waals surface area (Å²) in [7, 11) is 1.68. The molecule has 1 aliphatic rings. The van der Waals surface area contributed by atoms with E-state index in [-0.39, 0.29) is 37.5 Å². The van der Waals surface area contributed by atoms with Gasteiger partial charge in [0.05, 0.1) is 19.2 Å². The normalized spacial score (nSPS) is 17.2. The van der Waals surface area contributed by atoms with Crippen LogP contribution in [0.4, 0.5) is 4.39 Å². The summed E-state index contributed by atoms with van der Waals surface area (Å²) in [5.74, 6) is -0.386. The van der Waals surface area contributed by atoms with E-state index in [2.05, 4.69) is 6.07 Å². The fourth-order valence-corrected chi connectivity index (χ4v) is 3.37. The second-order valence-corrected chi connectivity index (χ2v) is 6.46. The molecule has 1 N–H and O–H groups in total. The summed E-state index contributed by atoms with van der Waals surface area (Å²) in [6.07, 6.45) is 0.858. The molecule has 132 valence electrons. The van der Waals surface area contributed by atoms with Crippen LogP contribution in [0.1, 0.15) is 22.7 Å². The van der Waals surface area contributed by atoms with E-state index in [1.54, 1.807) is 25.2 Å². The largest absolute Gasteiger partial charge is 0.394 e. The van der Waals surface area contributed by atoms with E-state index in [0.29, 0.717) is 5.56 Å². The molecule has 2 aromatic rings. The number of carbonyl (C=O) groups excluding carboxylic acids is 1. The Bertz CT molecular complexity index is 750. The van der Waals surface area contributed by atoms with Gasteiger partial charge < -0.3 is 10.0 Å². The van der Waals surface area contributed by atoms with Crippen molar-refractivity contribution in [2.45, 2.75) is 19.0 Å². The molecule has 0 bridgehead atoms. The van der Waals surface area contributed by atoms with E-state index >= 15 is 0 Å². The van der Waals surface area contributed by atoms with Gasteiger partial charge in [-0.2, -0.15) is 0 Å². The van der Waals surface area contributed by atoms with E-state index in [1.807, 2.05) is 23.1 Å². The van der Waals surface area contributed by atoms with Gasteiger partial charge in [-0.25, -0.2) is 4.39 Å². The van der Waals surface area contributed by atoms with Crippen molar-refractivity contribution in [2.75, 3.05) is 26.7 Å². The van der Waals surface area contributed by atoms with Gasteiger partial charge in [-0.1, -0.05) is 42.5 Å². The summed E-state index contributed by atoms with van der Waals surface area (Å²) in [6.45, 7) is 1.15. The second kappa shape index (κ2) is 7.76. The van der Waals surface area contributed by atoms with Crippen molar-refractivity contribution in [3.8, 4) is 0 Å². The van der Waals surface area contributed by atoms with Crippen LogP contribution in [0.5, 0.6) is 0 Å². The van der Waals surface area contributed by atoms with Gasteiger partial charge in [-0.15, -0.1) is 0 Å². The van der Waals surface area contributed by atoms with Gasteiger partial charge in [0.15, 0.2) is 0 Å². The minimum absolute atomic E-state index is 0.0265. The van der Waals surface area contributed by atoms with Crippen molar-refractivity contribution < 1.29 is 14.3 Å². The van der Waals surface area contributed by atoms with Crippen LogP contribution in [-0.2, 0) is 17.8 Å². The number of aliphatic hydroxyl groups excluding tert-OH is 1. The lowest BCUT2D eigenvalue weighted by Crippen LogP contribution is -2.44. The molecular weight excluding hydrogens is 319 g/mol. The monoisotopic (exact) mass is 342 g/mol. The highest BCUT2D eigenvalue weighted by Gasteiger charge is 2.28. The summed E-state index contributed by atoms with van der Waals surface area (Å²) in [4.78, 5) is 16.1. The lowest BCUT2D eigenvalue weighted by atomic mass is 9.93. The third-order valence-corrected chi connectivity index (χ3v) is 4.83. The highest BCUT2D eigenvalue weighted by molar-refractivity contribution is 5.78. The molecule has 0 saturated carbocycles. The number of hydrogen-bond donors (Lipinski definition) is 1. The average Bonchev–Trinajstić information content (AvgIpc) is 2.63. The van der Waals surface area contributed by atoms with Crippen LogP contribution in [0, 0.1) is 5.82 Å². The summed E-state index contributed by atoms with van der Waals surface area (Å²) >= 11 is 0. The maximum Gasteiger partial charge on any atom is 0.236 e. The standard InChI is InChI=1S/C20H23FN2O2/c1-22(12-16-7-3-5-9-18(16)21)20(25)13-23-11-10-15-6-2-4-8-17(15)19(23)14-24/h2-9,19,24H,10-14H2,1H3. The second-order valence-electron chi connectivity index (χ2n) is 6.46. The van der Waals surface area contributed by atoms with Gasteiger partial charge in [-0.3, -0.25) is 9.69 Å². The molecule has 25 heavy (non-hydrogen) atoms. The van der Waals surface area contributed by atoms with E-state index < -0.39 is 0 Å². The number of rotatable bonds is 5. The zero-order valence-electron chi connectivity index (χ0n) is 14.4. The first-order chi connectivity index (χ1) is 12.1. The van der Waals surface area contributed by atoms with Crippen LogP contribution in [0.3, 0.4) is 0 Å². The minimum atomic E-state index is -0.303. The van der Waals surface area contributed by atoms with Crippen molar-refractivity contribution >= 4 is 5.91 Å². The fraction of sp³-hybridized carbons (Fsp3) is 0.350. The predicted molar refractivity (Wildman–Crippen MR) is 94.4 cm³/mol. The van der Waals surface area contributed by atoms with Crippen molar-refractivity contribution in [3.63, 3.8) is 0 Å². The molecule has 1 aliphatic heterocycles. The highest BCUT2D eigenvalue weighted by Crippen LogP contribution is 2.29. The first-order valence-corrected chi connectivity index (χ1v) is 8.50. The van der Waals surface area contributed by atoms with Crippen LogP contribution in [-0.4, -0.2) is 47.6 Å². The number of likely N-dealkylation sites (N-methyl/N-ethyl adjacent to an activating group) is 1. The van der Waals surface area contributed by atoms with Gasteiger partial charge in [0, 0.05) is 25.7 Å². The summed E-state index contributed by atoms with van der Waals surface area (Å²) in [6, 6.07) is 14.3. The fourth-order valence-electron chi connectivity index (χ4n) is 3.37. The molecular formula is C20H23FN2O2. The smallest absolute Gasteiger partial charge is 0.236 e. The van der Waals surface area contributed by atoms with E-state index in [0.717, 1.165) is 18.5 Å². The Kier molecular flexibility index (Phi) is 5.46. The molecule has 0 radical (unpaired) electrons. The molecule has 3 rings (SSSR count). The first-order valence-electron chi connectivity index (χ1n) is 8.50. The number of aliphatic hydroxyl groups is 1. The molecule has 2 aromatic carbocycles. The average molecular weight is 342 g/mol. The Labute approximate surface area is 147 Å². The Balaban J connectivity index is 1.67. The lowest BCUT2D eigenvalue weighted by molar-refractivity contribution is -0.132. The van der Waals surface area contributed by atoms with Crippen LogP contribution in [0.15, 0.2) is 48.5 Å². The number of carbonyl (C=O) groups is 1. The minimum Gasteiger partial charge on any atom is -0.394 e. The topological polar surface area (TPSA) is 43.8 Å². The Hall–Kier alpha value is -2.24. The first kappa shape index (κ1) is 17.6. The zero-order chi connectivity index (χ0) is 17.8. The molecule has 1 atom stereocenters. The summed E-state index contributed by atoms with van der Waals surface area (Å²) in [5, 5.41) is 9.82. The van der Waals surface area contributed by atoms with E-state index in [4.69, 9.17) is 0 Å². The highest BCUT2D eigenvalue weighted by atomic mass is 19.1. The molecule has 0 spiro atoms. The van der Waals surface area contributed by atoms with Crippen LogP contribution < -0.4 is 0 Å². The molecule has 1 unspecified atom stereocenters. The summed E-state index contributed by atoms with van der Waals surface area (Å²) < 4.78 is 13.8. The maximum atomic E-state index is 13.8. The predicted octanol–water partition coefficient (Wildman–Crippen LogP) is 2.38. The molecule has 5 heteroatoms. The number of benzene rings is 2. The van der Waals surface area contributed by atoms with Crippen LogP contribution in [0.25, 0.3) is 0 Å². The van der Waals surface area contributed by atoms with Crippen molar-refractivity contribution in [1.82, 2.24) is 9.80 Å². The number of hydrogen-bond acceptors (Lipinski definition) is 3. The van der Waals surface area contributed by atoms with E-state index in [1.165, 1.54) is 16.5 Å². The SMILES string of the molecule is CN(Cc1ccccc1F)C(=O)CN1CCc2ccccc2C1CO. The quantitative estimate of drug-likeness (QED) is 0.907. The number of halogens is 1. The van der Waals surface area contributed by atoms with Gasteiger partial charge in [-0.05, 0) is 23.6 Å². The molecule has 0 aromatic heterocycles. The Morgan fingerprint density at radius 1 is 1.24 bits per heavy atom. The van der Waals surface area contributed by atoms with Gasteiger partial charge >= 0.3 is 0 Å². The number of amides is 1. The maximum absolute atomic E-state index is 13.8. The molecule has 1 amide bonds. The third kappa shape index (κ3) is 3.89. The number of nitrogens with zero attached hydrogens (tertiary/aromatic N) is 2. The van der Waals surface area contributed by atoms with Crippen molar-refractivity contribution in [1.29, 1.82) is 0 Å². The van der Waals surface area contributed by atoms with Crippen molar-refractivity contribution in [2.24, 2.45) is 0 Å². The molecule has 0 fully saturated rings. The van der Waals surface area contributed by atoms with Gasteiger partial charge in [0.25, 0.3) is 0 Å². The van der Waals surface area contributed by atoms with Crippen molar-refractivity contribution in [3.05, 3.63) is 71.0 Å². The molecule has 0 saturated heterocycles. The Morgan fingerprint density at radius 3 is 2.72 bits per heavy atom. The summed E-state index contributed by atoms with van der Waals surface area (Å²) in [5.41, 5.74) is 2.81. The molecule has 0 aliphatic carbocycles. The number of fused-ring (bicyclic) bond motifs is 1. The molecule has 1 heterocycles. The van der Waals surface area contributed by atoms with Crippen LogP contribution >= 0.6 is 0 Å². The van der Waals surface area contributed by atoms with Crippen LogP contribution in [0.2, 0.25) is 0 Å². The van der Waals surface area contributed by atoms with E-state index in [9.17, 15) is 14.3 Å². The Morgan fingerprint density at radius 2 is 1.96 bits per heavy atom.